The highest BCUT2D eigenvalue weighted by Crippen LogP contribution is 2.57. The van der Waals surface area contributed by atoms with E-state index < -0.39 is 11.4 Å². The molecule has 1 rings (SSSR count). The van der Waals surface area contributed by atoms with E-state index in [1.165, 1.54) is 0 Å². The second kappa shape index (κ2) is 4.12. The number of carbonyl (C=O) groups is 1. The smallest absolute Gasteiger partial charge is 0.311 e. The quantitative estimate of drug-likeness (QED) is 0.711. The van der Waals surface area contributed by atoms with Crippen LogP contribution in [0.15, 0.2) is 0 Å². The molecule has 0 aromatic carbocycles. The molecule has 3 N–H and O–H groups in total. The molecule has 1 aliphatic carbocycles. The molecule has 0 saturated heterocycles. The molecule has 0 aliphatic heterocycles. The van der Waals surface area contributed by atoms with Gasteiger partial charge in [-0.15, -0.1) is 0 Å². The van der Waals surface area contributed by atoms with Gasteiger partial charge in [0.05, 0.1) is 5.41 Å². The van der Waals surface area contributed by atoms with Crippen LogP contribution in [0, 0.1) is 16.7 Å². The van der Waals surface area contributed by atoms with Crippen molar-refractivity contribution < 1.29 is 9.90 Å². The zero-order valence-corrected chi connectivity index (χ0v) is 10.0. The minimum Gasteiger partial charge on any atom is -0.481 e. The first kappa shape index (κ1) is 12.5. The fourth-order valence-corrected chi connectivity index (χ4v) is 2.69. The normalized spacial score (nSPS) is 30.3. The van der Waals surface area contributed by atoms with Crippen LogP contribution in [0.3, 0.4) is 0 Å². The van der Waals surface area contributed by atoms with Crippen LogP contribution in [0.2, 0.25) is 0 Å². The van der Waals surface area contributed by atoms with Crippen molar-refractivity contribution >= 4 is 5.97 Å². The topological polar surface area (TPSA) is 63.3 Å². The first-order valence-electron chi connectivity index (χ1n) is 5.81. The second-order valence-corrected chi connectivity index (χ2v) is 5.68. The largest absolute Gasteiger partial charge is 0.481 e. The Morgan fingerprint density at radius 2 is 2.20 bits per heavy atom. The van der Waals surface area contributed by atoms with Crippen LogP contribution in [-0.2, 0) is 4.79 Å². The minimum atomic E-state index is -0.706. The first-order valence-corrected chi connectivity index (χ1v) is 5.81. The van der Waals surface area contributed by atoms with E-state index in [-0.39, 0.29) is 12.0 Å². The number of nitrogens with two attached hydrogens (primary N) is 1. The van der Waals surface area contributed by atoms with Gasteiger partial charge in [0.25, 0.3) is 0 Å². The third-order valence-corrected chi connectivity index (χ3v) is 3.75. The van der Waals surface area contributed by atoms with Gasteiger partial charge >= 0.3 is 5.97 Å². The van der Waals surface area contributed by atoms with Crippen LogP contribution >= 0.6 is 0 Å². The molecule has 3 nitrogen and oxygen atoms in total. The van der Waals surface area contributed by atoms with Crippen LogP contribution in [0.1, 0.15) is 46.5 Å². The van der Waals surface area contributed by atoms with E-state index >= 15 is 0 Å². The lowest BCUT2D eigenvalue weighted by Gasteiger charge is -2.25. The Kier molecular flexibility index (Phi) is 3.44. The Balaban J connectivity index is 2.53. The van der Waals surface area contributed by atoms with Gasteiger partial charge in [0.1, 0.15) is 0 Å². The maximum absolute atomic E-state index is 11.1. The average molecular weight is 213 g/mol. The SMILES string of the molecule is CCCC(C)(C)CC1CC1(CN)C(=O)O. The lowest BCUT2D eigenvalue weighted by Crippen LogP contribution is -2.28. The van der Waals surface area contributed by atoms with E-state index in [9.17, 15) is 4.79 Å². The van der Waals surface area contributed by atoms with E-state index in [4.69, 9.17) is 10.8 Å². The Bertz CT molecular complexity index is 250. The van der Waals surface area contributed by atoms with Crippen LogP contribution in [-0.4, -0.2) is 17.6 Å². The predicted octanol–water partition coefficient (Wildman–Crippen LogP) is 2.25. The maximum Gasteiger partial charge on any atom is 0.311 e. The van der Waals surface area contributed by atoms with Gasteiger partial charge in [-0.1, -0.05) is 27.2 Å². The van der Waals surface area contributed by atoms with Crippen molar-refractivity contribution in [3.8, 4) is 0 Å². The molecule has 88 valence electrons. The van der Waals surface area contributed by atoms with Gasteiger partial charge < -0.3 is 10.8 Å². The van der Waals surface area contributed by atoms with E-state index in [0.29, 0.717) is 5.92 Å². The average Bonchev–Trinajstić information content (AvgIpc) is 2.78. The molecule has 0 radical (unpaired) electrons. The number of hydrogen-bond acceptors (Lipinski definition) is 2. The molecule has 1 fully saturated rings. The van der Waals surface area contributed by atoms with Crippen LogP contribution < -0.4 is 5.73 Å². The minimum absolute atomic E-state index is 0.256. The molecule has 1 saturated carbocycles. The highest BCUT2D eigenvalue weighted by atomic mass is 16.4. The van der Waals surface area contributed by atoms with Crippen molar-refractivity contribution in [2.45, 2.75) is 46.5 Å². The molecule has 0 aromatic heterocycles. The number of rotatable bonds is 6. The summed E-state index contributed by atoms with van der Waals surface area (Å²) in [7, 11) is 0. The summed E-state index contributed by atoms with van der Waals surface area (Å²) in [5.74, 6) is -0.413. The second-order valence-electron chi connectivity index (χ2n) is 5.68. The van der Waals surface area contributed by atoms with Crippen LogP contribution in [0.4, 0.5) is 0 Å². The monoisotopic (exact) mass is 213 g/mol. The highest BCUT2D eigenvalue weighted by molar-refractivity contribution is 5.79. The van der Waals surface area contributed by atoms with Gasteiger partial charge in [-0.3, -0.25) is 4.79 Å². The van der Waals surface area contributed by atoms with Crippen molar-refractivity contribution in [1.29, 1.82) is 0 Å². The third kappa shape index (κ3) is 2.51. The molecule has 2 unspecified atom stereocenters. The lowest BCUT2D eigenvalue weighted by atomic mass is 9.81. The van der Waals surface area contributed by atoms with E-state index in [2.05, 4.69) is 20.8 Å². The molecule has 0 heterocycles. The Hall–Kier alpha value is -0.570. The number of carboxylic acid groups (broad SMARTS) is 1. The van der Waals surface area contributed by atoms with Crippen LogP contribution in [0.25, 0.3) is 0 Å². The van der Waals surface area contributed by atoms with Crippen molar-refractivity contribution in [2.75, 3.05) is 6.54 Å². The summed E-state index contributed by atoms with van der Waals surface area (Å²) in [5, 5.41) is 9.12. The van der Waals surface area contributed by atoms with E-state index in [0.717, 1.165) is 25.7 Å². The lowest BCUT2D eigenvalue weighted by molar-refractivity contribution is -0.143. The molecular weight excluding hydrogens is 190 g/mol. The summed E-state index contributed by atoms with van der Waals surface area (Å²) >= 11 is 0. The predicted molar refractivity (Wildman–Crippen MR) is 60.5 cm³/mol. The van der Waals surface area contributed by atoms with Crippen molar-refractivity contribution in [1.82, 2.24) is 0 Å². The van der Waals surface area contributed by atoms with E-state index in [1.54, 1.807) is 0 Å². The van der Waals surface area contributed by atoms with Crippen LogP contribution in [0.5, 0.6) is 0 Å². The molecule has 0 aromatic rings. The molecular formula is C12H23NO2. The number of aliphatic carboxylic acids is 1. The van der Waals surface area contributed by atoms with Crippen molar-refractivity contribution in [3.05, 3.63) is 0 Å². The summed E-state index contributed by atoms with van der Waals surface area (Å²) in [6.45, 7) is 6.90. The maximum atomic E-state index is 11.1. The first-order chi connectivity index (χ1) is 6.88. The zero-order chi connectivity index (χ0) is 11.7. The molecule has 0 spiro atoms. The summed E-state index contributed by atoms with van der Waals surface area (Å²) in [5.41, 5.74) is 5.24. The standard InChI is InChI=1S/C12H23NO2/c1-4-5-11(2,3)6-9-7-12(9,8-13)10(14)15/h9H,4-8,13H2,1-3H3,(H,14,15). The third-order valence-electron chi connectivity index (χ3n) is 3.75. The molecule has 15 heavy (non-hydrogen) atoms. The summed E-state index contributed by atoms with van der Waals surface area (Å²) in [6, 6.07) is 0. The van der Waals surface area contributed by atoms with Gasteiger partial charge in [0.15, 0.2) is 0 Å². The Labute approximate surface area is 92.0 Å². The molecule has 2 atom stereocenters. The summed E-state index contributed by atoms with van der Waals surface area (Å²) < 4.78 is 0. The summed E-state index contributed by atoms with van der Waals surface area (Å²) in [4.78, 5) is 11.1. The van der Waals surface area contributed by atoms with Crippen molar-refractivity contribution in [2.24, 2.45) is 22.5 Å². The molecule has 0 amide bonds. The molecule has 0 bridgehead atoms. The fourth-order valence-electron chi connectivity index (χ4n) is 2.69. The Morgan fingerprint density at radius 1 is 1.60 bits per heavy atom. The van der Waals surface area contributed by atoms with Crippen molar-refractivity contribution in [3.63, 3.8) is 0 Å². The van der Waals surface area contributed by atoms with Gasteiger partial charge in [0.2, 0.25) is 0 Å². The summed E-state index contributed by atoms with van der Waals surface area (Å²) in [6.07, 6.45) is 4.07. The zero-order valence-electron chi connectivity index (χ0n) is 10.0. The fraction of sp³-hybridized carbons (Fsp3) is 0.917. The molecule has 3 heteroatoms. The van der Waals surface area contributed by atoms with Gasteiger partial charge in [-0.2, -0.15) is 0 Å². The Morgan fingerprint density at radius 3 is 2.53 bits per heavy atom. The number of hydrogen-bond donors (Lipinski definition) is 2. The highest BCUT2D eigenvalue weighted by Gasteiger charge is 2.59. The number of carboxylic acids is 1. The van der Waals surface area contributed by atoms with E-state index in [1.807, 2.05) is 0 Å². The van der Waals surface area contributed by atoms with Gasteiger partial charge in [0, 0.05) is 6.54 Å². The van der Waals surface area contributed by atoms with Gasteiger partial charge in [-0.05, 0) is 30.6 Å². The molecule has 1 aliphatic rings. The van der Waals surface area contributed by atoms with Gasteiger partial charge in [-0.25, -0.2) is 0 Å².